The zero-order chi connectivity index (χ0) is 13.5. The summed E-state index contributed by atoms with van der Waals surface area (Å²) in [5.41, 5.74) is 0. The number of likely N-dealkylation sites (N-methyl/N-ethyl adjacent to an activating group) is 1. The summed E-state index contributed by atoms with van der Waals surface area (Å²) in [7, 11) is 0. The number of rotatable bonds is 4. The number of urea groups is 1. The monoisotopic (exact) mass is 255 g/mol. The zero-order valence-corrected chi connectivity index (χ0v) is 11.6. The third-order valence-electron chi connectivity index (χ3n) is 3.52. The molecule has 5 heteroatoms. The van der Waals surface area contributed by atoms with Crippen LogP contribution in [0.3, 0.4) is 0 Å². The van der Waals surface area contributed by atoms with Crippen LogP contribution in [0.2, 0.25) is 0 Å². The van der Waals surface area contributed by atoms with Gasteiger partial charge in [0.2, 0.25) is 5.91 Å². The Kier molecular flexibility index (Phi) is 5.95. The summed E-state index contributed by atoms with van der Waals surface area (Å²) in [5.74, 6) is 0.369. The molecule has 1 rings (SSSR count). The molecule has 1 aliphatic carbocycles. The molecule has 0 radical (unpaired) electrons. The van der Waals surface area contributed by atoms with E-state index in [4.69, 9.17) is 0 Å². The average molecular weight is 255 g/mol. The van der Waals surface area contributed by atoms with Gasteiger partial charge in [-0.1, -0.05) is 19.8 Å². The molecule has 3 unspecified atom stereocenters. The molecule has 0 saturated heterocycles. The largest absolute Gasteiger partial charge is 0.355 e. The van der Waals surface area contributed by atoms with Gasteiger partial charge in [-0.25, -0.2) is 4.79 Å². The molecular formula is C13H25N3O2. The van der Waals surface area contributed by atoms with E-state index in [1.807, 2.05) is 6.92 Å². The first-order valence-corrected chi connectivity index (χ1v) is 6.89. The molecule has 1 aliphatic rings. The van der Waals surface area contributed by atoms with Crippen LogP contribution < -0.4 is 16.0 Å². The van der Waals surface area contributed by atoms with Crippen LogP contribution in [0, 0.1) is 5.92 Å². The van der Waals surface area contributed by atoms with Crippen molar-refractivity contribution in [2.75, 3.05) is 6.54 Å². The predicted molar refractivity (Wildman–Crippen MR) is 71.2 cm³/mol. The first-order chi connectivity index (χ1) is 8.54. The van der Waals surface area contributed by atoms with E-state index in [2.05, 4.69) is 22.9 Å². The molecule has 1 saturated carbocycles. The Bertz CT molecular complexity index is 294. The van der Waals surface area contributed by atoms with E-state index in [-0.39, 0.29) is 18.0 Å². The normalized spacial score (nSPS) is 25.1. The summed E-state index contributed by atoms with van der Waals surface area (Å²) in [6.07, 6.45) is 4.61. The fraction of sp³-hybridized carbons (Fsp3) is 0.846. The number of nitrogens with one attached hydrogen (secondary N) is 3. The summed E-state index contributed by atoms with van der Waals surface area (Å²) in [4.78, 5) is 23.3. The van der Waals surface area contributed by atoms with Crippen LogP contribution >= 0.6 is 0 Å². The van der Waals surface area contributed by atoms with E-state index in [1.165, 1.54) is 12.8 Å². The molecule has 3 atom stereocenters. The molecule has 18 heavy (non-hydrogen) atoms. The Balaban J connectivity index is 2.34. The highest BCUT2D eigenvalue weighted by atomic mass is 16.2. The Hall–Kier alpha value is -1.26. The third-order valence-corrected chi connectivity index (χ3v) is 3.52. The van der Waals surface area contributed by atoms with Crippen LogP contribution in [0.15, 0.2) is 0 Å². The Morgan fingerprint density at radius 2 is 1.94 bits per heavy atom. The number of hydrogen-bond donors (Lipinski definition) is 3. The molecule has 3 amide bonds. The van der Waals surface area contributed by atoms with Gasteiger partial charge in [0.1, 0.15) is 6.04 Å². The summed E-state index contributed by atoms with van der Waals surface area (Å²) in [5, 5.41) is 8.32. The minimum absolute atomic E-state index is 0.149. The molecule has 104 valence electrons. The fourth-order valence-electron chi connectivity index (χ4n) is 2.33. The first-order valence-electron chi connectivity index (χ1n) is 6.89. The van der Waals surface area contributed by atoms with E-state index >= 15 is 0 Å². The van der Waals surface area contributed by atoms with E-state index in [1.54, 1.807) is 6.92 Å². The van der Waals surface area contributed by atoms with E-state index in [0.29, 0.717) is 12.5 Å². The lowest BCUT2D eigenvalue weighted by Crippen LogP contribution is -2.52. The van der Waals surface area contributed by atoms with Crippen molar-refractivity contribution >= 4 is 11.9 Å². The maximum Gasteiger partial charge on any atom is 0.315 e. The smallest absolute Gasteiger partial charge is 0.315 e. The van der Waals surface area contributed by atoms with Gasteiger partial charge in [-0.2, -0.15) is 0 Å². The molecule has 0 aliphatic heterocycles. The number of carbonyl (C=O) groups excluding carboxylic acids is 2. The highest BCUT2D eigenvalue weighted by molar-refractivity contribution is 5.86. The van der Waals surface area contributed by atoms with Crippen molar-refractivity contribution < 1.29 is 9.59 Å². The molecule has 0 aromatic carbocycles. The Morgan fingerprint density at radius 3 is 2.56 bits per heavy atom. The van der Waals surface area contributed by atoms with Crippen molar-refractivity contribution in [3.8, 4) is 0 Å². The van der Waals surface area contributed by atoms with Crippen molar-refractivity contribution in [1.82, 2.24) is 16.0 Å². The van der Waals surface area contributed by atoms with E-state index in [0.717, 1.165) is 12.8 Å². The Morgan fingerprint density at radius 1 is 1.28 bits per heavy atom. The second kappa shape index (κ2) is 7.24. The summed E-state index contributed by atoms with van der Waals surface area (Å²) >= 11 is 0. The van der Waals surface area contributed by atoms with Gasteiger partial charge in [0, 0.05) is 12.6 Å². The minimum Gasteiger partial charge on any atom is -0.355 e. The van der Waals surface area contributed by atoms with Gasteiger partial charge in [-0.3, -0.25) is 4.79 Å². The van der Waals surface area contributed by atoms with Gasteiger partial charge in [-0.15, -0.1) is 0 Å². The van der Waals surface area contributed by atoms with Crippen molar-refractivity contribution in [3.05, 3.63) is 0 Å². The molecule has 0 heterocycles. The molecule has 3 N–H and O–H groups in total. The predicted octanol–water partition coefficient (Wildman–Crippen LogP) is 1.39. The van der Waals surface area contributed by atoms with Crippen LogP contribution in [-0.2, 0) is 4.79 Å². The highest BCUT2D eigenvalue weighted by Gasteiger charge is 2.23. The minimum atomic E-state index is -0.496. The second-order valence-corrected chi connectivity index (χ2v) is 5.10. The summed E-state index contributed by atoms with van der Waals surface area (Å²) in [6, 6.07) is -0.503. The molecule has 0 spiro atoms. The standard InChI is InChI=1S/C13H25N3O2/c1-4-14-12(17)10(3)15-13(18)16-11-8-6-5-7-9(11)2/h9-11H,4-8H2,1-3H3,(H,14,17)(H2,15,16,18). The third kappa shape index (κ3) is 4.55. The van der Waals surface area contributed by atoms with Crippen LogP contribution in [0.25, 0.3) is 0 Å². The molecule has 0 aromatic rings. The lowest BCUT2D eigenvalue weighted by molar-refractivity contribution is -0.122. The lowest BCUT2D eigenvalue weighted by atomic mass is 9.86. The maximum absolute atomic E-state index is 11.8. The highest BCUT2D eigenvalue weighted by Crippen LogP contribution is 2.23. The van der Waals surface area contributed by atoms with E-state index in [9.17, 15) is 9.59 Å². The van der Waals surface area contributed by atoms with Gasteiger partial charge in [0.25, 0.3) is 0 Å². The maximum atomic E-state index is 11.8. The van der Waals surface area contributed by atoms with Gasteiger partial charge < -0.3 is 16.0 Å². The van der Waals surface area contributed by atoms with E-state index < -0.39 is 6.04 Å². The second-order valence-electron chi connectivity index (χ2n) is 5.10. The number of carbonyl (C=O) groups is 2. The fourth-order valence-corrected chi connectivity index (χ4v) is 2.33. The van der Waals surface area contributed by atoms with Crippen molar-refractivity contribution in [2.45, 2.75) is 58.5 Å². The molecule has 5 nitrogen and oxygen atoms in total. The number of amides is 3. The van der Waals surface area contributed by atoms with Crippen molar-refractivity contribution in [2.24, 2.45) is 5.92 Å². The van der Waals surface area contributed by atoms with Gasteiger partial charge in [0.05, 0.1) is 0 Å². The molecule has 1 fully saturated rings. The van der Waals surface area contributed by atoms with Gasteiger partial charge in [0.15, 0.2) is 0 Å². The van der Waals surface area contributed by atoms with Crippen LogP contribution in [-0.4, -0.2) is 30.6 Å². The zero-order valence-electron chi connectivity index (χ0n) is 11.6. The van der Waals surface area contributed by atoms with Gasteiger partial charge >= 0.3 is 6.03 Å². The van der Waals surface area contributed by atoms with Crippen LogP contribution in [0.1, 0.15) is 46.5 Å². The van der Waals surface area contributed by atoms with Crippen LogP contribution in [0.4, 0.5) is 4.79 Å². The average Bonchev–Trinajstić information content (AvgIpc) is 2.32. The summed E-state index contributed by atoms with van der Waals surface area (Å²) < 4.78 is 0. The Labute approximate surface area is 109 Å². The SMILES string of the molecule is CCNC(=O)C(C)NC(=O)NC1CCCCC1C. The quantitative estimate of drug-likeness (QED) is 0.710. The molecular weight excluding hydrogens is 230 g/mol. The lowest BCUT2D eigenvalue weighted by Gasteiger charge is -2.29. The van der Waals surface area contributed by atoms with Crippen molar-refractivity contribution in [1.29, 1.82) is 0 Å². The van der Waals surface area contributed by atoms with Crippen molar-refractivity contribution in [3.63, 3.8) is 0 Å². The van der Waals surface area contributed by atoms with Gasteiger partial charge in [-0.05, 0) is 32.6 Å². The molecule has 0 aromatic heterocycles. The summed E-state index contributed by atoms with van der Waals surface area (Å²) in [6.45, 7) is 6.28. The first kappa shape index (κ1) is 14.8. The topological polar surface area (TPSA) is 70.2 Å². The van der Waals surface area contributed by atoms with Crippen LogP contribution in [0.5, 0.6) is 0 Å². The molecule has 0 bridgehead atoms. The number of hydrogen-bond acceptors (Lipinski definition) is 2.